The Morgan fingerprint density at radius 1 is 1.03 bits per heavy atom. The number of nitrogens with zero attached hydrogens (tertiary/aromatic N) is 2. The summed E-state index contributed by atoms with van der Waals surface area (Å²) in [6.45, 7) is 5.63. The van der Waals surface area contributed by atoms with Gasteiger partial charge >= 0.3 is 6.01 Å². The molecule has 32 heavy (non-hydrogen) atoms. The number of anilines is 1. The summed E-state index contributed by atoms with van der Waals surface area (Å²) in [5.74, 6) is 0.0934. The van der Waals surface area contributed by atoms with Gasteiger partial charge in [0.05, 0.1) is 10.9 Å². The zero-order valence-corrected chi connectivity index (χ0v) is 17.9. The van der Waals surface area contributed by atoms with E-state index < -0.39 is 5.91 Å². The van der Waals surface area contributed by atoms with Gasteiger partial charge in [-0.3, -0.25) is 9.59 Å². The standard InChI is InChI=1S/C25H21N3O4/c1-15-7-9-22-21(11-15)24(30)18(14-31-22)8-10-23(29)28-19-5-4-6-20(13-19)32-25-26-16(2)12-17(3)27-25/h4-14H,1-3H3,(H,28,29)/b10-8+. The van der Waals surface area contributed by atoms with E-state index in [1.54, 1.807) is 36.4 Å². The van der Waals surface area contributed by atoms with E-state index in [1.165, 1.54) is 18.4 Å². The van der Waals surface area contributed by atoms with Crippen LogP contribution in [0.1, 0.15) is 22.5 Å². The Morgan fingerprint density at radius 3 is 2.59 bits per heavy atom. The predicted octanol–water partition coefficient (Wildman–Crippen LogP) is 4.95. The summed E-state index contributed by atoms with van der Waals surface area (Å²) in [5.41, 5.74) is 3.70. The Bertz CT molecular complexity index is 1390. The maximum Gasteiger partial charge on any atom is 0.322 e. The lowest BCUT2D eigenvalue weighted by Gasteiger charge is -2.08. The lowest BCUT2D eigenvalue weighted by Crippen LogP contribution is -2.09. The molecule has 0 atom stereocenters. The summed E-state index contributed by atoms with van der Waals surface area (Å²) in [6.07, 6.45) is 4.07. The number of aromatic nitrogens is 2. The first-order valence-corrected chi connectivity index (χ1v) is 9.99. The minimum atomic E-state index is -0.395. The van der Waals surface area contributed by atoms with Crippen molar-refractivity contribution in [3.05, 3.63) is 93.6 Å². The lowest BCUT2D eigenvalue weighted by molar-refractivity contribution is -0.111. The van der Waals surface area contributed by atoms with Crippen molar-refractivity contribution in [3.8, 4) is 11.8 Å². The van der Waals surface area contributed by atoms with E-state index in [9.17, 15) is 9.59 Å². The molecule has 2 aromatic carbocycles. The number of rotatable bonds is 5. The maximum absolute atomic E-state index is 12.6. The molecule has 4 rings (SSSR count). The summed E-state index contributed by atoms with van der Waals surface area (Å²) < 4.78 is 11.2. The van der Waals surface area contributed by atoms with E-state index in [2.05, 4.69) is 15.3 Å². The van der Waals surface area contributed by atoms with Gasteiger partial charge in [-0.05, 0) is 57.2 Å². The zero-order valence-electron chi connectivity index (χ0n) is 17.9. The van der Waals surface area contributed by atoms with E-state index >= 15 is 0 Å². The zero-order chi connectivity index (χ0) is 22.7. The molecule has 0 aliphatic heterocycles. The molecule has 0 fully saturated rings. The molecule has 0 spiro atoms. The first-order valence-electron chi connectivity index (χ1n) is 9.99. The topological polar surface area (TPSA) is 94.3 Å². The van der Waals surface area contributed by atoms with Crippen molar-refractivity contribution >= 4 is 28.6 Å². The number of ether oxygens (including phenoxy) is 1. The van der Waals surface area contributed by atoms with Gasteiger partial charge in [0.1, 0.15) is 17.6 Å². The fourth-order valence-corrected chi connectivity index (χ4v) is 3.21. The summed E-state index contributed by atoms with van der Waals surface area (Å²) >= 11 is 0. The molecule has 7 nitrogen and oxygen atoms in total. The van der Waals surface area contributed by atoms with Crippen LogP contribution in [0, 0.1) is 20.8 Å². The molecule has 0 bridgehead atoms. The first kappa shape index (κ1) is 21.0. The SMILES string of the molecule is Cc1ccc2occ(/C=C/C(=O)Nc3cccc(Oc4nc(C)cc(C)n4)c3)c(=O)c2c1. The molecule has 2 heterocycles. The lowest BCUT2D eigenvalue weighted by atomic mass is 10.1. The molecule has 0 aliphatic carbocycles. The second kappa shape index (κ2) is 8.85. The summed E-state index contributed by atoms with van der Waals surface area (Å²) in [4.78, 5) is 33.5. The Kier molecular flexibility index (Phi) is 5.81. The van der Waals surface area contributed by atoms with E-state index in [-0.39, 0.29) is 11.4 Å². The highest BCUT2D eigenvalue weighted by Crippen LogP contribution is 2.22. The number of aryl methyl sites for hydroxylation is 3. The normalized spacial score (nSPS) is 11.1. The van der Waals surface area contributed by atoms with Gasteiger partial charge in [-0.2, -0.15) is 0 Å². The number of amides is 1. The van der Waals surface area contributed by atoms with E-state index in [0.717, 1.165) is 17.0 Å². The van der Waals surface area contributed by atoms with Crippen LogP contribution in [0.15, 0.2) is 70.1 Å². The van der Waals surface area contributed by atoms with Crippen LogP contribution in [-0.2, 0) is 4.79 Å². The highest BCUT2D eigenvalue weighted by molar-refractivity contribution is 6.02. The van der Waals surface area contributed by atoms with E-state index in [4.69, 9.17) is 9.15 Å². The number of benzene rings is 2. The second-order valence-electron chi connectivity index (χ2n) is 7.41. The van der Waals surface area contributed by atoms with Crippen LogP contribution in [0.5, 0.6) is 11.8 Å². The number of carbonyl (C=O) groups is 1. The monoisotopic (exact) mass is 427 g/mol. The smallest absolute Gasteiger partial charge is 0.322 e. The molecule has 0 unspecified atom stereocenters. The third kappa shape index (κ3) is 4.89. The highest BCUT2D eigenvalue weighted by atomic mass is 16.5. The molecule has 4 aromatic rings. The minimum absolute atomic E-state index is 0.192. The Labute approximate surface area is 184 Å². The average Bonchev–Trinajstić information content (AvgIpc) is 2.73. The van der Waals surface area contributed by atoms with E-state index in [0.29, 0.717) is 28.0 Å². The van der Waals surface area contributed by atoms with Crippen molar-refractivity contribution in [2.75, 3.05) is 5.32 Å². The Balaban J connectivity index is 1.48. The van der Waals surface area contributed by atoms with Crippen LogP contribution in [0.2, 0.25) is 0 Å². The number of hydrogen-bond acceptors (Lipinski definition) is 6. The van der Waals surface area contributed by atoms with E-state index in [1.807, 2.05) is 32.9 Å². The molecule has 0 aliphatic rings. The van der Waals surface area contributed by atoms with Crippen LogP contribution in [-0.4, -0.2) is 15.9 Å². The Morgan fingerprint density at radius 2 is 1.81 bits per heavy atom. The van der Waals surface area contributed by atoms with Crippen molar-refractivity contribution in [3.63, 3.8) is 0 Å². The van der Waals surface area contributed by atoms with Crippen molar-refractivity contribution in [1.82, 2.24) is 9.97 Å². The highest BCUT2D eigenvalue weighted by Gasteiger charge is 2.07. The van der Waals surface area contributed by atoms with Gasteiger partial charge < -0.3 is 14.5 Å². The van der Waals surface area contributed by atoms with Gasteiger partial charge in [0.25, 0.3) is 0 Å². The molecule has 0 saturated heterocycles. The second-order valence-corrected chi connectivity index (χ2v) is 7.41. The fraction of sp³-hybridized carbons (Fsp3) is 0.120. The molecule has 160 valence electrons. The summed E-state index contributed by atoms with van der Waals surface area (Å²) in [6, 6.07) is 14.4. The maximum atomic E-state index is 12.6. The van der Waals surface area contributed by atoms with Crippen LogP contribution >= 0.6 is 0 Å². The van der Waals surface area contributed by atoms with Crippen LogP contribution in [0.3, 0.4) is 0 Å². The van der Waals surface area contributed by atoms with Crippen molar-refractivity contribution in [2.45, 2.75) is 20.8 Å². The van der Waals surface area contributed by atoms with Gasteiger partial charge in [0.2, 0.25) is 5.91 Å². The quantitative estimate of drug-likeness (QED) is 0.453. The molecule has 1 N–H and O–H groups in total. The molecule has 7 heteroatoms. The van der Waals surface area contributed by atoms with Crippen molar-refractivity contribution < 1.29 is 13.9 Å². The summed E-state index contributed by atoms with van der Waals surface area (Å²) in [7, 11) is 0. The predicted molar refractivity (Wildman–Crippen MR) is 123 cm³/mol. The van der Waals surface area contributed by atoms with Gasteiger partial charge in [0.15, 0.2) is 5.43 Å². The summed E-state index contributed by atoms with van der Waals surface area (Å²) in [5, 5.41) is 3.23. The molecule has 0 saturated carbocycles. The molecule has 0 radical (unpaired) electrons. The van der Waals surface area contributed by atoms with Gasteiger partial charge in [-0.15, -0.1) is 0 Å². The minimum Gasteiger partial charge on any atom is -0.463 e. The van der Waals surface area contributed by atoms with Crippen LogP contribution in [0.25, 0.3) is 17.0 Å². The first-order chi connectivity index (χ1) is 15.4. The third-order valence-electron chi connectivity index (χ3n) is 4.64. The van der Waals surface area contributed by atoms with Crippen molar-refractivity contribution in [1.29, 1.82) is 0 Å². The van der Waals surface area contributed by atoms with Crippen LogP contribution in [0.4, 0.5) is 5.69 Å². The van der Waals surface area contributed by atoms with Crippen molar-refractivity contribution in [2.24, 2.45) is 0 Å². The van der Waals surface area contributed by atoms with Gasteiger partial charge in [-0.25, -0.2) is 9.97 Å². The molecule has 1 amide bonds. The largest absolute Gasteiger partial charge is 0.463 e. The Hall–Kier alpha value is -4.26. The number of carbonyl (C=O) groups excluding carboxylic acids is 1. The molecular weight excluding hydrogens is 406 g/mol. The van der Waals surface area contributed by atoms with Gasteiger partial charge in [0, 0.05) is 29.2 Å². The average molecular weight is 427 g/mol. The van der Waals surface area contributed by atoms with Crippen LogP contribution < -0.4 is 15.5 Å². The number of nitrogens with one attached hydrogen (secondary N) is 1. The van der Waals surface area contributed by atoms with Gasteiger partial charge in [-0.1, -0.05) is 17.7 Å². The molecule has 2 aromatic heterocycles. The third-order valence-corrected chi connectivity index (χ3v) is 4.64. The number of fused-ring (bicyclic) bond motifs is 1. The molecular formula is C25H21N3O4. The number of hydrogen-bond donors (Lipinski definition) is 1. The fourth-order valence-electron chi connectivity index (χ4n) is 3.21.